The van der Waals surface area contributed by atoms with Crippen LogP contribution in [-0.2, 0) is 14.6 Å². The number of sulfone groups is 1. The summed E-state index contributed by atoms with van der Waals surface area (Å²) in [4.78, 5) is 24.0. The van der Waals surface area contributed by atoms with Gasteiger partial charge in [-0.25, -0.2) is 12.8 Å². The minimum absolute atomic E-state index is 0.0828. The largest absolute Gasteiger partial charge is 0.481 e. The first-order valence-electron chi connectivity index (χ1n) is 7.49. The SMILES string of the molecule is CC(Oc1ccc(F)cc1)C(=O)NNC(=O)c1ccc(S(C)(=O)=O)cc1. The maximum Gasteiger partial charge on any atom is 0.279 e. The van der Waals surface area contributed by atoms with Crippen molar-refractivity contribution in [2.45, 2.75) is 17.9 Å². The van der Waals surface area contributed by atoms with Crippen LogP contribution in [0.2, 0.25) is 0 Å². The zero-order valence-electron chi connectivity index (χ0n) is 14.0. The van der Waals surface area contributed by atoms with E-state index in [1.807, 2.05) is 0 Å². The number of rotatable bonds is 5. The van der Waals surface area contributed by atoms with Crippen LogP contribution in [0.25, 0.3) is 0 Å². The van der Waals surface area contributed by atoms with Crippen LogP contribution in [0.3, 0.4) is 0 Å². The van der Waals surface area contributed by atoms with Crippen LogP contribution in [0, 0.1) is 5.82 Å². The first kappa shape index (κ1) is 19.4. The summed E-state index contributed by atoms with van der Waals surface area (Å²) in [5.74, 6) is -1.36. The van der Waals surface area contributed by atoms with E-state index < -0.39 is 33.6 Å². The third kappa shape index (κ3) is 5.28. The van der Waals surface area contributed by atoms with E-state index in [0.29, 0.717) is 5.75 Å². The Morgan fingerprint density at radius 3 is 2.12 bits per heavy atom. The van der Waals surface area contributed by atoms with Crippen LogP contribution in [0.4, 0.5) is 4.39 Å². The second-order valence-corrected chi connectivity index (χ2v) is 7.47. The van der Waals surface area contributed by atoms with E-state index in [2.05, 4.69) is 10.9 Å². The van der Waals surface area contributed by atoms with Crippen LogP contribution in [-0.4, -0.2) is 32.6 Å². The summed E-state index contributed by atoms with van der Waals surface area (Å²) in [6.45, 7) is 1.46. The summed E-state index contributed by atoms with van der Waals surface area (Å²) in [6, 6.07) is 10.4. The molecule has 0 heterocycles. The molecule has 0 aliphatic rings. The van der Waals surface area contributed by atoms with Crippen molar-refractivity contribution in [1.29, 1.82) is 0 Å². The number of benzene rings is 2. The number of ether oxygens (including phenoxy) is 1. The summed E-state index contributed by atoms with van der Waals surface area (Å²) >= 11 is 0. The van der Waals surface area contributed by atoms with Gasteiger partial charge >= 0.3 is 0 Å². The quantitative estimate of drug-likeness (QED) is 0.765. The van der Waals surface area contributed by atoms with Crippen LogP contribution in [0.15, 0.2) is 53.4 Å². The van der Waals surface area contributed by atoms with E-state index in [9.17, 15) is 22.4 Å². The van der Waals surface area contributed by atoms with Crippen molar-refractivity contribution >= 4 is 21.7 Å². The molecule has 9 heteroatoms. The van der Waals surface area contributed by atoms with Gasteiger partial charge in [0.05, 0.1) is 4.90 Å². The van der Waals surface area contributed by atoms with E-state index in [0.717, 1.165) is 6.26 Å². The molecule has 0 aliphatic heterocycles. The molecule has 0 saturated carbocycles. The first-order chi connectivity index (χ1) is 12.2. The van der Waals surface area contributed by atoms with Gasteiger partial charge in [-0.1, -0.05) is 0 Å². The molecule has 0 bridgehead atoms. The smallest absolute Gasteiger partial charge is 0.279 e. The molecule has 2 aromatic rings. The van der Waals surface area contributed by atoms with E-state index in [-0.39, 0.29) is 10.5 Å². The predicted octanol–water partition coefficient (Wildman–Crippen LogP) is 1.46. The van der Waals surface area contributed by atoms with Crippen LogP contribution in [0.1, 0.15) is 17.3 Å². The molecule has 0 radical (unpaired) electrons. The molecule has 0 spiro atoms. The highest BCUT2D eigenvalue weighted by atomic mass is 32.2. The fourth-order valence-electron chi connectivity index (χ4n) is 1.92. The molecule has 26 heavy (non-hydrogen) atoms. The molecule has 0 aromatic heterocycles. The number of carbonyl (C=O) groups is 2. The third-order valence-corrected chi connectivity index (χ3v) is 4.47. The minimum atomic E-state index is -3.36. The van der Waals surface area contributed by atoms with Crippen molar-refractivity contribution in [2.75, 3.05) is 6.26 Å². The Hall–Kier alpha value is -2.94. The Morgan fingerprint density at radius 2 is 1.58 bits per heavy atom. The highest BCUT2D eigenvalue weighted by Gasteiger charge is 2.16. The van der Waals surface area contributed by atoms with Gasteiger partial charge in [-0.2, -0.15) is 0 Å². The lowest BCUT2D eigenvalue weighted by molar-refractivity contribution is -0.128. The lowest BCUT2D eigenvalue weighted by Crippen LogP contribution is -2.47. The number of halogens is 1. The molecular formula is C17H17FN2O5S. The van der Waals surface area contributed by atoms with Crippen molar-refractivity contribution in [3.63, 3.8) is 0 Å². The fourth-order valence-corrected chi connectivity index (χ4v) is 2.55. The lowest BCUT2D eigenvalue weighted by atomic mass is 10.2. The topological polar surface area (TPSA) is 102 Å². The maximum atomic E-state index is 12.8. The average molecular weight is 380 g/mol. The van der Waals surface area contributed by atoms with Crippen molar-refractivity contribution in [3.8, 4) is 5.75 Å². The second kappa shape index (κ2) is 7.96. The molecule has 0 fully saturated rings. The monoisotopic (exact) mass is 380 g/mol. The summed E-state index contributed by atoms with van der Waals surface area (Å²) < 4.78 is 40.9. The Labute approximate surface area is 150 Å². The molecule has 7 nitrogen and oxygen atoms in total. The maximum absolute atomic E-state index is 12.8. The van der Waals surface area contributed by atoms with Crippen molar-refractivity contribution in [3.05, 3.63) is 59.9 Å². The van der Waals surface area contributed by atoms with Crippen molar-refractivity contribution in [2.24, 2.45) is 0 Å². The van der Waals surface area contributed by atoms with Crippen LogP contribution >= 0.6 is 0 Å². The summed E-state index contributed by atoms with van der Waals surface area (Å²) in [7, 11) is -3.36. The summed E-state index contributed by atoms with van der Waals surface area (Å²) in [6.07, 6.45) is 0.124. The van der Waals surface area contributed by atoms with Gasteiger partial charge in [0.25, 0.3) is 11.8 Å². The zero-order valence-corrected chi connectivity index (χ0v) is 14.8. The molecule has 2 rings (SSSR count). The Bertz CT molecular complexity index is 896. The molecule has 1 atom stereocenters. The number of amides is 2. The van der Waals surface area contributed by atoms with Crippen molar-refractivity contribution in [1.82, 2.24) is 10.9 Å². The zero-order chi connectivity index (χ0) is 19.3. The van der Waals surface area contributed by atoms with E-state index in [4.69, 9.17) is 4.74 Å². The second-order valence-electron chi connectivity index (χ2n) is 5.45. The number of carbonyl (C=O) groups excluding carboxylic acids is 2. The van der Waals surface area contributed by atoms with Gasteiger partial charge < -0.3 is 4.74 Å². The highest BCUT2D eigenvalue weighted by molar-refractivity contribution is 7.90. The van der Waals surface area contributed by atoms with E-state index in [1.54, 1.807) is 0 Å². The molecule has 138 valence electrons. The molecule has 0 saturated heterocycles. The van der Waals surface area contributed by atoms with Gasteiger partial charge in [0, 0.05) is 11.8 Å². The molecule has 2 aromatic carbocycles. The van der Waals surface area contributed by atoms with E-state index >= 15 is 0 Å². The Kier molecular flexibility index (Phi) is 5.93. The van der Waals surface area contributed by atoms with E-state index in [1.165, 1.54) is 55.5 Å². The molecule has 0 aliphatic carbocycles. The number of hydrogen-bond acceptors (Lipinski definition) is 5. The molecule has 2 N–H and O–H groups in total. The number of hydrazine groups is 1. The standard InChI is InChI=1S/C17H17FN2O5S/c1-11(25-14-7-5-13(18)6-8-14)16(21)19-20-17(22)12-3-9-15(10-4-12)26(2,23)24/h3-11H,1-2H3,(H,19,21)(H,20,22). The van der Waals surface area contributed by atoms with Crippen LogP contribution in [0.5, 0.6) is 5.75 Å². The average Bonchev–Trinajstić information content (AvgIpc) is 2.60. The summed E-state index contributed by atoms with van der Waals surface area (Å²) in [5, 5.41) is 0. The van der Waals surface area contributed by atoms with Gasteiger partial charge in [-0.15, -0.1) is 0 Å². The Balaban J connectivity index is 1.89. The number of hydrogen-bond donors (Lipinski definition) is 2. The van der Waals surface area contributed by atoms with Gasteiger partial charge in [0.15, 0.2) is 15.9 Å². The van der Waals surface area contributed by atoms with Crippen LogP contribution < -0.4 is 15.6 Å². The highest BCUT2D eigenvalue weighted by Crippen LogP contribution is 2.13. The van der Waals surface area contributed by atoms with Gasteiger partial charge in [-0.05, 0) is 55.5 Å². The molecule has 2 amide bonds. The fraction of sp³-hybridized carbons (Fsp3) is 0.176. The first-order valence-corrected chi connectivity index (χ1v) is 9.38. The lowest BCUT2D eigenvalue weighted by Gasteiger charge is -2.15. The summed E-state index contributed by atoms with van der Waals surface area (Å²) in [5.41, 5.74) is 4.58. The van der Waals surface area contributed by atoms with Gasteiger partial charge in [-0.3, -0.25) is 20.4 Å². The van der Waals surface area contributed by atoms with Gasteiger partial charge in [0.2, 0.25) is 0 Å². The predicted molar refractivity (Wildman–Crippen MR) is 91.7 cm³/mol. The molecular weight excluding hydrogens is 363 g/mol. The normalized spacial score (nSPS) is 12.1. The number of nitrogens with one attached hydrogen (secondary N) is 2. The molecule has 1 unspecified atom stereocenters. The Morgan fingerprint density at radius 1 is 1.00 bits per heavy atom. The third-order valence-electron chi connectivity index (χ3n) is 3.34. The van der Waals surface area contributed by atoms with Crippen molar-refractivity contribution < 1.29 is 27.1 Å². The van der Waals surface area contributed by atoms with Gasteiger partial charge in [0.1, 0.15) is 11.6 Å². The minimum Gasteiger partial charge on any atom is -0.481 e.